The van der Waals surface area contributed by atoms with Crippen molar-refractivity contribution in [2.75, 3.05) is 4.90 Å². The predicted molar refractivity (Wildman–Crippen MR) is 182 cm³/mol. The SMILES string of the molecule is c1ccc(-c2ccc(N(c3ccc4c(c3)oc3ccccc34)c3cnc4c(c3)sc3ccc5ccccc5c34)cc2)cc1. The van der Waals surface area contributed by atoms with Crippen LogP contribution in [0, 0.1) is 0 Å². The average Bonchev–Trinajstić information content (AvgIpc) is 3.63. The lowest BCUT2D eigenvalue weighted by molar-refractivity contribution is 0.669. The molecule has 0 unspecified atom stereocenters. The number of furan rings is 1. The van der Waals surface area contributed by atoms with E-state index in [1.165, 1.54) is 36.7 Å². The summed E-state index contributed by atoms with van der Waals surface area (Å²) in [6.07, 6.45) is 2.00. The Morgan fingerprint density at radius 1 is 0.512 bits per heavy atom. The third-order valence-corrected chi connectivity index (χ3v) is 9.39. The van der Waals surface area contributed by atoms with E-state index in [9.17, 15) is 0 Å². The van der Waals surface area contributed by atoms with E-state index in [0.29, 0.717) is 0 Å². The summed E-state index contributed by atoms with van der Waals surface area (Å²) < 4.78 is 8.72. The minimum atomic E-state index is 0.868. The number of nitrogens with zero attached hydrogens (tertiary/aromatic N) is 2. The van der Waals surface area contributed by atoms with Crippen molar-refractivity contribution in [1.29, 1.82) is 0 Å². The summed E-state index contributed by atoms with van der Waals surface area (Å²) in [7, 11) is 0. The second-order valence-electron chi connectivity index (χ2n) is 10.8. The van der Waals surface area contributed by atoms with Gasteiger partial charge in [-0.25, -0.2) is 0 Å². The molecule has 3 heterocycles. The first-order chi connectivity index (χ1) is 21.3. The Labute approximate surface area is 251 Å². The van der Waals surface area contributed by atoms with E-state index in [0.717, 1.165) is 44.5 Å². The van der Waals surface area contributed by atoms with Crippen molar-refractivity contribution >= 4 is 81.4 Å². The zero-order valence-corrected chi connectivity index (χ0v) is 23.9. The van der Waals surface area contributed by atoms with Gasteiger partial charge in [0.2, 0.25) is 0 Å². The van der Waals surface area contributed by atoms with Gasteiger partial charge in [0, 0.05) is 38.3 Å². The van der Waals surface area contributed by atoms with Crippen LogP contribution < -0.4 is 4.90 Å². The summed E-state index contributed by atoms with van der Waals surface area (Å²) in [5.74, 6) is 0. The molecule has 0 aliphatic heterocycles. The molecule has 0 atom stereocenters. The Morgan fingerprint density at radius 2 is 1.23 bits per heavy atom. The predicted octanol–water partition coefficient (Wildman–Crippen LogP) is 11.6. The lowest BCUT2D eigenvalue weighted by Gasteiger charge is -2.25. The molecule has 0 radical (unpaired) electrons. The minimum Gasteiger partial charge on any atom is -0.456 e. The van der Waals surface area contributed by atoms with Crippen LogP contribution in [-0.2, 0) is 0 Å². The molecule has 0 fully saturated rings. The van der Waals surface area contributed by atoms with Gasteiger partial charge in [-0.1, -0.05) is 91.0 Å². The standard InChI is InChI=1S/C39H24N2OS/c1-2-8-25(9-3-1)26-14-17-28(18-15-26)41(29-19-20-33-32-12-6-7-13-34(32)42-35(33)22-29)30-23-37-39(40-24-30)38-31-11-5-4-10-27(31)16-21-36(38)43-37/h1-24H. The maximum absolute atomic E-state index is 6.30. The fourth-order valence-electron chi connectivity index (χ4n) is 6.26. The summed E-state index contributed by atoms with van der Waals surface area (Å²) in [5.41, 5.74) is 8.28. The van der Waals surface area contributed by atoms with Crippen molar-refractivity contribution < 1.29 is 4.42 Å². The number of fused-ring (bicyclic) bond motifs is 8. The Balaban J connectivity index is 1.23. The molecule has 9 aromatic rings. The van der Waals surface area contributed by atoms with E-state index in [4.69, 9.17) is 9.40 Å². The molecule has 0 N–H and O–H groups in total. The molecule has 0 saturated carbocycles. The van der Waals surface area contributed by atoms with E-state index in [-0.39, 0.29) is 0 Å². The van der Waals surface area contributed by atoms with Crippen molar-refractivity contribution in [1.82, 2.24) is 4.98 Å². The van der Waals surface area contributed by atoms with Crippen LogP contribution in [0.25, 0.3) is 64.1 Å². The third kappa shape index (κ3) is 3.92. The number of para-hydroxylation sites is 1. The van der Waals surface area contributed by atoms with Crippen LogP contribution >= 0.6 is 11.3 Å². The van der Waals surface area contributed by atoms with Crippen molar-refractivity contribution in [2.24, 2.45) is 0 Å². The lowest BCUT2D eigenvalue weighted by Crippen LogP contribution is -2.10. The van der Waals surface area contributed by atoms with Crippen LogP contribution in [0.4, 0.5) is 17.1 Å². The number of rotatable bonds is 4. The number of thiophene rings is 1. The largest absolute Gasteiger partial charge is 0.456 e. The maximum atomic E-state index is 6.30. The summed E-state index contributed by atoms with van der Waals surface area (Å²) >= 11 is 1.80. The summed E-state index contributed by atoms with van der Waals surface area (Å²) in [6, 6.07) is 49.2. The highest BCUT2D eigenvalue weighted by molar-refractivity contribution is 7.26. The van der Waals surface area contributed by atoms with Crippen LogP contribution in [0.3, 0.4) is 0 Å². The monoisotopic (exact) mass is 568 g/mol. The van der Waals surface area contributed by atoms with Crippen LogP contribution in [0.2, 0.25) is 0 Å². The number of anilines is 3. The Bertz CT molecular complexity index is 2460. The molecule has 0 bridgehead atoms. The van der Waals surface area contributed by atoms with Crippen LogP contribution in [0.1, 0.15) is 0 Å². The van der Waals surface area contributed by atoms with Crippen molar-refractivity contribution in [3.8, 4) is 11.1 Å². The van der Waals surface area contributed by atoms with E-state index in [1.54, 1.807) is 11.3 Å². The Morgan fingerprint density at radius 3 is 2.12 bits per heavy atom. The highest BCUT2D eigenvalue weighted by Gasteiger charge is 2.18. The first-order valence-electron chi connectivity index (χ1n) is 14.4. The molecular formula is C39H24N2OS. The zero-order valence-electron chi connectivity index (χ0n) is 23.1. The average molecular weight is 569 g/mol. The van der Waals surface area contributed by atoms with E-state index >= 15 is 0 Å². The van der Waals surface area contributed by atoms with E-state index < -0.39 is 0 Å². The van der Waals surface area contributed by atoms with Crippen molar-refractivity contribution in [3.63, 3.8) is 0 Å². The van der Waals surface area contributed by atoms with Gasteiger partial charge in [-0.15, -0.1) is 11.3 Å². The zero-order chi connectivity index (χ0) is 28.3. The molecule has 3 aromatic heterocycles. The van der Waals surface area contributed by atoms with Gasteiger partial charge in [0.1, 0.15) is 11.2 Å². The molecular weight excluding hydrogens is 545 g/mol. The first-order valence-corrected chi connectivity index (χ1v) is 15.2. The second kappa shape index (κ2) is 9.55. The molecule has 3 nitrogen and oxygen atoms in total. The third-order valence-electron chi connectivity index (χ3n) is 8.30. The molecule has 0 aliphatic rings. The molecule has 43 heavy (non-hydrogen) atoms. The van der Waals surface area contributed by atoms with Crippen molar-refractivity contribution in [2.45, 2.75) is 0 Å². The van der Waals surface area contributed by atoms with Gasteiger partial charge in [-0.3, -0.25) is 4.98 Å². The normalized spacial score (nSPS) is 11.7. The number of pyridine rings is 1. The molecule has 0 amide bonds. The Kier molecular flexibility index (Phi) is 5.37. The van der Waals surface area contributed by atoms with Crippen molar-refractivity contribution in [3.05, 3.63) is 146 Å². The fraction of sp³-hybridized carbons (Fsp3) is 0. The highest BCUT2D eigenvalue weighted by Crippen LogP contribution is 2.43. The van der Waals surface area contributed by atoms with Gasteiger partial charge in [-0.2, -0.15) is 0 Å². The maximum Gasteiger partial charge on any atom is 0.137 e. The highest BCUT2D eigenvalue weighted by atomic mass is 32.1. The van der Waals surface area contributed by atoms with Gasteiger partial charge < -0.3 is 9.32 Å². The topological polar surface area (TPSA) is 29.3 Å². The van der Waals surface area contributed by atoms with Crippen LogP contribution in [0.15, 0.2) is 150 Å². The first kappa shape index (κ1) is 24.2. The molecule has 4 heteroatoms. The second-order valence-corrected chi connectivity index (χ2v) is 11.9. The number of aromatic nitrogens is 1. The summed E-state index contributed by atoms with van der Waals surface area (Å²) in [4.78, 5) is 7.37. The Hall–Kier alpha value is -5.45. The molecule has 202 valence electrons. The van der Waals surface area contributed by atoms with E-state index in [2.05, 4.69) is 126 Å². The summed E-state index contributed by atoms with van der Waals surface area (Å²) in [5, 5.41) is 5.95. The smallest absolute Gasteiger partial charge is 0.137 e. The fourth-order valence-corrected chi connectivity index (χ4v) is 7.37. The van der Waals surface area contributed by atoms with Gasteiger partial charge >= 0.3 is 0 Å². The number of hydrogen-bond donors (Lipinski definition) is 0. The number of hydrogen-bond acceptors (Lipinski definition) is 4. The van der Waals surface area contributed by atoms with Gasteiger partial charge in [0.05, 0.1) is 22.1 Å². The van der Waals surface area contributed by atoms with Crippen LogP contribution in [-0.4, -0.2) is 4.98 Å². The molecule has 9 rings (SSSR count). The quantitative estimate of drug-likeness (QED) is 0.211. The molecule has 0 aliphatic carbocycles. The summed E-state index contributed by atoms with van der Waals surface area (Å²) in [6.45, 7) is 0. The molecule has 0 saturated heterocycles. The number of benzene rings is 6. The minimum absolute atomic E-state index is 0.868. The van der Waals surface area contributed by atoms with Crippen LogP contribution in [0.5, 0.6) is 0 Å². The van der Waals surface area contributed by atoms with Gasteiger partial charge in [0.25, 0.3) is 0 Å². The van der Waals surface area contributed by atoms with Gasteiger partial charge in [-0.05, 0) is 64.4 Å². The lowest BCUT2D eigenvalue weighted by atomic mass is 10.0. The van der Waals surface area contributed by atoms with Gasteiger partial charge in [0.15, 0.2) is 0 Å². The van der Waals surface area contributed by atoms with E-state index in [1.807, 2.05) is 24.4 Å². The molecule has 0 spiro atoms. The molecule has 6 aromatic carbocycles.